The van der Waals surface area contributed by atoms with Crippen molar-refractivity contribution < 1.29 is 4.79 Å². The first kappa shape index (κ1) is 10.5. The first-order valence-electron chi connectivity index (χ1n) is 5.78. The molecule has 2 unspecified atom stereocenters. The molecule has 0 radical (unpaired) electrons. The Morgan fingerprint density at radius 1 is 1.33 bits per heavy atom. The van der Waals surface area contributed by atoms with Gasteiger partial charge in [0.05, 0.1) is 6.07 Å². The van der Waals surface area contributed by atoms with Crippen LogP contribution < -0.4 is 0 Å². The number of rotatable bonds is 1. The summed E-state index contributed by atoms with van der Waals surface area (Å²) in [6.45, 7) is 6.04. The zero-order valence-corrected chi connectivity index (χ0v) is 9.49. The Balaban J connectivity index is 2.05. The number of likely N-dealkylation sites (tertiary alicyclic amines) is 1. The second kappa shape index (κ2) is 3.52. The highest BCUT2D eigenvalue weighted by Crippen LogP contribution is 2.47. The molecule has 0 aromatic rings. The summed E-state index contributed by atoms with van der Waals surface area (Å²) in [6, 6.07) is 2.19. The summed E-state index contributed by atoms with van der Waals surface area (Å²) in [6.07, 6.45) is 2.73. The molecule has 3 nitrogen and oxygen atoms in total. The van der Waals surface area contributed by atoms with Gasteiger partial charge in [0.1, 0.15) is 5.41 Å². The second-order valence-electron chi connectivity index (χ2n) is 5.35. The molecule has 1 saturated carbocycles. The Kier molecular flexibility index (Phi) is 2.46. The van der Waals surface area contributed by atoms with Crippen LogP contribution in [0.5, 0.6) is 0 Å². The van der Waals surface area contributed by atoms with Crippen LogP contribution in [0, 0.1) is 28.6 Å². The summed E-state index contributed by atoms with van der Waals surface area (Å²) < 4.78 is 0. The Morgan fingerprint density at radius 3 is 2.27 bits per heavy atom. The van der Waals surface area contributed by atoms with Gasteiger partial charge >= 0.3 is 0 Å². The fourth-order valence-electron chi connectivity index (χ4n) is 2.63. The summed E-state index contributed by atoms with van der Waals surface area (Å²) in [4.78, 5) is 14.0. The van der Waals surface area contributed by atoms with E-state index in [9.17, 15) is 4.79 Å². The van der Waals surface area contributed by atoms with E-state index >= 15 is 0 Å². The molecule has 0 aromatic carbocycles. The zero-order valence-electron chi connectivity index (χ0n) is 9.49. The minimum absolute atomic E-state index is 0.0865. The Morgan fingerprint density at radius 2 is 1.87 bits per heavy atom. The first-order valence-corrected chi connectivity index (χ1v) is 5.78. The summed E-state index contributed by atoms with van der Waals surface area (Å²) >= 11 is 0. The summed E-state index contributed by atoms with van der Waals surface area (Å²) in [5.74, 6) is 1.24. The standard InChI is InChI=1S/C12H18N2O/c1-9-5-10(2)7-14(6-9)11(15)12(8-13)3-4-12/h9-10H,3-7H2,1-2H3. The lowest BCUT2D eigenvalue weighted by Crippen LogP contribution is -2.45. The Labute approximate surface area is 91.1 Å². The normalized spacial score (nSPS) is 33.3. The van der Waals surface area contributed by atoms with Crippen molar-refractivity contribution in [3.63, 3.8) is 0 Å². The minimum Gasteiger partial charge on any atom is -0.341 e. The molecule has 1 amide bonds. The molecule has 15 heavy (non-hydrogen) atoms. The van der Waals surface area contributed by atoms with Crippen LogP contribution in [-0.4, -0.2) is 23.9 Å². The highest BCUT2D eigenvalue weighted by Gasteiger charge is 2.53. The lowest BCUT2D eigenvalue weighted by atomic mass is 9.91. The molecule has 2 fully saturated rings. The van der Waals surface area contributed by atoms with E-state index in [-0.39, 0.29) is 5.91 Å². The smallest absolute Gasteiger partial charge is 0.243 e. The molecule has 2 aliphatic rings. The van der Waals surface area contributed by atoms with Gasteiger partial charge in [-0.3, -0.25) is 4.79 Å². The second-order valence-corrected chi connectivity index (χ2v) is 5.35. The van der Waals surface area contributed by atoms with Crippen molar-refractivity contribution in [2.75, 3.05) is 13.1 Å². The monoisotopic (exact) mass is 206 g/mol. The van der Waals surface area contributed by atoms with Crippen LogP contribution in [0.25, 0.3) is 0 Å². The number of hydrogen-bond donors (Lipinski definition) is 0. The van der Waals surface area contributed by atoms with Gasteiger partial charge in [-0.05, 0) is 31.1 Å². The fraction of sp³-hybridized carbons (Fsp3) is 0.833. The molecule has 0 bridgehead atoms. The predicted molar refractivity (Wildman–Crippen MR) is 56.8 cm³/mol. The summed E-state index contributed by atoms with van der Waals surface area (Å²) in [5, 5.41) is 8.99. The topological polar surface area (TPSA) is 44.1 Å². The van der Waals surface area contributed by atoms with Crippen LogP contribution in [0.4, 0.5) is 0 Å². The molecule has 3 heteroatoms. The number of carbonyl (C=O) groups is 1. The molecule has 2 rings (SSSR count). The highest BCUT2D eigenvalue weighted by molar-refractivity contribution is 5.88. The molecule has 0 N–H and O–H groups in total. The van der Waals surface area contributed by atoms with Crippen molar-refractivity contribution in [2.45, 2.75) is 33.1 Å². The number of carbonyl (C=O) groups excluding carboxylic acids is 1. The Bertz CT molecular complexity index is 304. The molecule has 82 valence electrons. The van der Waals surface area contributed by atoms with E-state index in [1.807, 2.05) is 4.90 Å². The molecule has 1 saturated heterocycles. The van der Waals surface area contributed by atoms with Crippen molar-refractivity contribution in [1.29, 1.82) is 5.26 Å². The molecule has 1 heterocycles. The molecule has 1 aliphatic carbocycles. The van der Waals surface area contributed by atoms with Crippen LogP contribution in [-0.2, 0) is 4.79 Å². The van der Waals surface area contributed by atoms with Crippen LogP contribution >= 0.6 is 0 Å². The average Bonchev–Trinajstić information content (AvgIpc) is 2.95. The summed E-state index contributed by atoms with van der Waals surface area (Å²) in [7, 11) is 0. The van der Waals surface area contributed by atoms with Crippen molar-refractivity contribution in [1.82, 2.24) is 4.90 Å². The maximum absolute atomic E-state index is 12.1. The van der Waals surface area contributed by atoms with E-state index in [4.69, 9.17) is 5.26 Å². The van der Waals surface area contributed by atoms with Gasteiger partial charge in [-0.1, -0.05) is 13.8 Å². The van der Waals surface area contributed by atoms with Crippen LogP contribution in [0.15, 0.2) is 0 Å². The van der Waals surface area contributed by atoms with E-state index in [0.29, 0.717) is 11.8 Å². The Hall–Kier alpha value is -1.04. The third-order valence-electron chi connectivity index (χ3n) is 3.53. The van der Waals surface area contributed by atoms with E-state index in [1.54, 1.807) is 0 Å². The van der Waals surface area contributed by atoms with Gasteiger partial charge < -0.3 is 4.90 Å². The number of piperidine rings is 1. The van der Waals surface area contributed by atoms with Crippen LogP contribution in [0.1, 0.15) is 33.1 Å². The quantitative estimate of drug-likeness (QED) is 0.656. The number of nitrogens with zero attached hydrogens (tertiary/aromatic N) is 2. The molecular formula is C12H18N2O. The fourth-order valence-corrected chi connectivity index (χ4v) is 2.63. The maximum Gasteiger partial charge on any atom is 0.243 e. The van der Waals surface area contributed by atoms with Gasteiger partial charge in [-0.25, -0.2) is 0 Å². The lowest BCUT2D eigenvalue weighted by Gasteiger charge is -2.36. The number of amides is 1. The largest absolute Gasteiger partial charge is 0.341 e. The van der Waals surface area contributed by atoms with E-state index in [2.05, 4.69) is 19.9 Å². The molecule has 0 spiro atoms. The highest BCUT2D eigenvalue weighted by atomic mass is 16.2. The number of nitriles is 1. The zero-order chi connectivity index (χ0) is 11.1. The minimum atomic E-state index is -0.628. The third-order valence-corrected chi connectivity index (χ3v) is 3.53. The lowest BCUT2D eigenvalue weighted by molar-refractivity contribution is -0.137. The van der Waals surface area contributed by atoms with Crippen molar-refractivity contribution >= 4 is 5.91 Å². The van der Waals surface area contributed by atoms with Gasteiger partial charge in [-0.15, -0.1) is 0 Å². The van der Waals surface area contributed by atoms with Crippen molar-refractivity contribution in [2.24, 2.45) is 17.3 Å². The predicted octanol–water partition coefficient (Wildman–Crippen LogP) is 1.79. The van der Waals surface area contributed by atoms with Gasteiger partial charge in [-0.2, -0.15) is 5.26 Å². The van der Waals surface area contributed by atoms with Crippen molar-refractivity contribution in [3.8, 4) is 6.07 Å². The first-order chi connectivity index (χ1) is 7.07. The van der Waals surface area contributed by atoms with E-state index in [0.717, 1.165) is 25.9 Å². The third kappa shape index (κ3) is 1.86. The summed E-state index contributed by atoms with van der Waals surface area (Å²) in [5.41, 5.74) is -0.628. The molecule has 2 atom stereocenters. The van der Waals surface area contributed by atoms with E-state index < -0.39 is 5.41 Å². The maximum atomic E-state index is 12.1. The average molecular weight is 206 g/mol. The SMILES string of the molecule is CC1CC(C)CN(C(=O)C2(C#N)CC2)C1. The van der Waals surface area contributed by atoms with Crippen molar-refractivity contribution in [3.05, 3.63) is 0 Å². The molecular weight excluding hydrogens is 188 g/mol. The van der Waals surface area contributed by atoms with Gasteiger partial charge in [0.25, 0.3) is 0 Å². The molecule has 0 aromatic heterocycles. The van der Waals surface area contributed by atoms with Crippen LogP contribution in [0.3, 0.4) is 0 Å². The van der Waals surface area contributed by atoms with Gasteiger partial charge in [0.2, 0.25) is 5.91 Å². The van der Waals surface area contributed by atoms with E-state index in [1.165, 1.54) is 6.42 Å². The van der Waals surface area contributed by atoms with Crippen LogP contribution in [0.2, 0.25) is 0 Å². The van der Waals surface area contributed by atoms with Gasteiger partial charge in [0, 0.05) is 13.1 Å². The molecule has 1 aliphatic heterocycles. The number of hydrogen-bond acceptors (Lipinski definition) is 2. The van der Waals surface area contributed by atoms with Gasteiger partial charge in [0.15, 0.2) is 0 Å².